The van der Waals surface area contributed by atoms with Gasteiger partial charge in [0, 0.05) is 18.1 Å². The van der Waals surface area contributed by atoms with E-state index in [-0.39, 0.29) is 5.91 Å². The van der Waals surface area contributed by atoms with Crippen molar-refractivity contribution in [3.05, 3.63) is 0 Å². The zero-order valence-electron chi connectivity index (χ0n) is 11.5. The molecule has 0 saturated heterocycles. The van der Waals surface area contributed by atoms with Gasteiger partial charge in [0.2, 0.25) is 5.91 Å². The van der Waals surface area contributed by atoms with Crippen LogP contribution in [0.3, 0.4) is 0 Å². The van der Waals surface area contributed by atoms with E-state index in [2.05, 4.69) is 12.2 Å². The van der Waals surface area contributed by atoms with Gasteiger partial charge in [-0.15, -0.1) is 0 Å². The molecule has 0 aromatic carbocycles. The molecule has 2 unspecified atom stereocenters. The standard InChI is InChI=1S/C13H26N2O2S/c1-3-7-15-13(12(14)16)6-4-5-11(10-13)18-9-8-17-2/h11,15H,3-10H2,1-2H3,(H2,14,16). The first kappa shape index (κ1) is 15.8. The third-order valence-electron chi connectivity index (χ3n) is 3.53. The average Bonchev–Trinajstić information content (AvgIpc) is 2.37. The zero-order chi connectivity index (χ0) is 13.4. The van der Waals surface area contributed by atoms with E-state index >= 15 is 0 Å². The first-order valence-electron chi connectivity index (χ1n) is 6.80. The molecule has 4 nitrogen and oxygen atoms in total. The normalized spacial score (nSPS) is 28.2. The summed E-state index contributed by atoms with van der Waals surface area (Å²) in [5.41, 5.74) is 5.15. The Bertz CT molecular complexity index is 263. The first-order chi connectivity index (χ1) is 8.64. The molecule has 0 bridgehead atoms. The highest BCUT2D eigenvalue weighted by Crippen LogP contribution is 2.35. The fourth-order valence-electron chi connectivity index (χ4n) is 2.50. The molecule has 0 heterocycles. The Labute approximate surface area is 114 Å². The van der Waals surface area contributed by atoms with Crippen LogP contribution in [0.2, 0.25) is 0 Å². The summed E-state index contributed by atoms with van der Waals surface area (Å²) in [6, 6.07) is 0. The molecule has 0 spiro atoms. The van der Waals surface area contributed by atoms with Gasteiger partial charge in [-0.2, -0.15) is 11.8 Å². The molecule has 1 amide bonds. The molecule has 1 fully saturated rings. The summed E-state index contributed by atoms with van der Waals surface area (Å²) in [6.45, 7) is 3.74. The zero-order valence-corrected chi connectivity index (χ0v) is 12.4. The van der Waals surface area contributed by atoms with Crippen LogP contribution in [0.1, 0.15) is 39.0 Å². The number of nitrogens with one attached hydrogen (secondary N) is 1. The van der Waals surface area contributed by atoms with Crippen LogP contribution in [0.25, 0.3) is 0 Å². The van der Waals surface area contributed by atoms with E-state index in [0.717, 1.165) is 44.6 Å². The Hall–Kier alpha value is -0.260. The van der Waals surface area contributed by atoms with Gasteiger partial charge in [-0.1, -0.05) is 6.92 Å². The number of amides is 1. The third kappa shape index (κ3) is 4.44. The van der Waals surface area contributed by atoms with Crippen LogP contribution in [0.15, 0.2) is 0 Å². The Morgan fingerprint density at radius 3 is 3.00 bits per heavy atom. The molecule has 0 aromatic heterocycles. The van der Waals surface area contributed by atoms with E-state index in [9.17, 15) is 4.79 Å². The lowest BCUT2D eigenvalue weighted by atomic mass is 9.80. The molecular weight excluding hydrogens is 248 g/mol. The lowest BCUT2D eigenvalue weighted by molar-refractivity contribution is -0.125. The number of methoxy groups -OCH3 is 1. The molecule has 5 heteroatoms. The minimum absolute atomic E-state index is 0.187. The summed E-state index contributed by atoms with van der Waals surface area (Å²) in [7, 11) is 1.72. The fourth-order valence-corrected chi connectivity index (χ4v) is 3.83. The number of carbonyl (C=O) groups excluding carboxylic acids is 1. The van der Waals surface area contributed by atoms with Crippen molar-refractivity contribution >= 4 is 17.7 Å². The van der Waals surface area contributed by atoms with Gasteiger partial charge >= 0.3 is 0 Å². The van der Waals surface area contributed by atoms with Crippen molar-refractivity contribution in [1.82, 2.24) is 5.32 Å². The van der Waals surface area contributed by atoms with Gasteiger partial charge in [0.15, 0.2) is 0 Å². The highest BCUT2D eigenvalue weighted by Gasteiger charge is 2.40. The molecule has 1 aliphatic carbocycles. The Balaban J connectivity index is 2.53. The van der Waals surface area contributed by atoms with Crippen LogP contribution >= 0.6 is 11.8 Å². The van der Waals surface area contributed by atoms with Crippen LogP contribution in [0.4, 0.5) is 0 Å². The topological polar surface area (TPSA) is 64.3 Å². The summed E-state index contributed by atoms with van der Waals surface area (Å²) in [6.07, 6.45) is 5.01. The number of carbonyl (C=O) groups is 1. The highest BCUT2D eigenvalue weighted by molar-refractivity contribution is 7.99. The smallest absolute Gasteiger partial charge is 0.237 e. The van der Waals surface area contributed by atoms with Gasteiger partial charge in [0.1, 0.15) is 0 Å². The molecule has 1 rings (SSSR count). The Morgan fingerprint density at radius 2 is 2.39 bits per heavy atom. The van der Waals surface area contributed by atoms with Crippen LogP contribution in [0.5, 0.6) is 0 Å². The molecule has 3 N–H and O–H groups in total. The monoisotopic (exact) mass is 274 g/mol. The van der Waals surface area contributed by atoms with Crippen molar-refractivity contribution in [2.45, 2.75) is 49.8 Å². The van der Waals surface area contributed by atoms with Crippen molar-refractivity contribution in [2.75, 3.05) is 26.0 Å². The SMILES string of the molecule is CCCNC1(C(N)=O)CCCC(SCCOC)C1. The number of rotatable bonds is 8. The maximum Gasteiger partial charge on any atom is 0.237 e. The number of hydrogen-bond donors (Lipinski definition) is 2. The molecule has 1 saturated carbocycles. The van der Waals surface area contributed by atoms with Crippen molar-refractivity contribution in [3.63, 3.8) is 0 Å². The first-order valence-corrected chi connectivity index (χ1v) is 7.85. The molecule has 0 aromatic rings. The number of thioether (sulfide) groups is 1. The summed E-state index contributed by atoms with van der Waals surface area (Å²) in [4.78, 5) is 11.8. The minimum atomic E-state index is -0.473. The van der Waals surface area contributed by atoms with Crippen LogP contribution in [-0.2, 0) is 9.53 Å². The van der Waals surface area contributed by atoms with Crippen molar-refractivity contribution in [3.8, 4) is 0 Å². The molecule has 1 aliphatic rings. The molecular formula is C13H26N2O2S. The van der Waals surface area contributed by atoms with Gasteiger partial charge in [-0.05, 0) is 38.6 Å². The van der Waals surface area contributed by atoms with Crippen LogP contribution in [0, 0.1) is 0 Å². The minimum Gasteiger partial charge on any atom is -0.384 e. The molecule has 106 valence electrons. The van der Waals surface area contributed by atoms with E-state index in [4.69, 9.17) is 10.5 Å². The second kappa shape index (κ2) is 8.02. The van der Waals surface area contributed by atoms with E-state index in [1.54, 1.807) is 7.11 Å². The fraction of sp³-hybridized carbons (Fsp3) is 0.923. The van der Waals surface area contributed by atoms with Crippen LogP contribution in [-0.4, -0.2) is 42.7 Å². The van der Waals surface area contributed by atoms with E-state index in [1.165, 1.54) is 6.42 Å². The average molecular weight is 274 g/mol. The Kier molecular flexibility index (Phi) is 7.04. The van der Waals surface area contributed by atoms with Gasteiger partial charge in [0.05, 0.1) is 12.1 Å². The predicted octanol–water partition coefficient (Wildman–Crippen LogP) is 1.53. The number of primary amides is 1. The third-order valence-corrected chi connectivity index (χ3v) is 4.81. The summed E-state index contributed by atoms with van der Waals surface area (Å²) < 4.78 is 5.07. The van der Waals surface area contributed by atoms with Gasteiger partial charge in [-0.3, -0.25) is 4.79 Å². The lowest BCUT2D eigenvalue weighted by Crippen LogP contribution is -2.58. The van der Waals surface area contributed by atoms with E-state index in [0.29, 0.717) is 5.25 Å². The largest absolute Gasteiger partial charge is 0.384 e. The molecule has 18 heavy (non-hydrogen) atoms. The maximum atomic E-state index is 11.8. The second-order valence-electron chi connectivity index (χ2n) is 4.96. The lowest BCUT2D eigenvalue weighted by Gasteiger charge is -2.39. The predicted molar refractivity (Wildman–Crippen MR) is 76.8 cm³/mol. The second-order valence-corrected chi connectivity index (χ2v) is 6.36. The molecule has 0 aliphatic heterocycles. The van der Waals surface area contributed by atoms with E-state index in [1.807, 2.05) is 11.8 Å². The number of ether oxygens (including phenoxy) is 1. The van der Waals surface area contributed by atoms with Gasteiger partial charge < -0.3 is 15.8 Å². The highest BCUT2D eigenvalue weighted by atomic mass is 32.2. The summed E-state index contributed by atoms with van der Waals surface area (Å²) in [5.74, 6) is 0.803. The molecule has 0 radical (unpaired) electrons. The Morgan fingerprint density at radius 1 is 1.61 bits per heavy atom. The summed E-state index contributed by atoms with van der Waals surface area (Å²) in [5, 5.41) is 3.90. The molecule has 2 atom stereocenters. The van der Waals surface area contributed by atoms with Crippen molar-refractivity contribution in [1.29, 1.82) is 0 Å². The van der Waals surface area contributed by atoms with Crippen molar-refractivity contribution < 1.29 is 9.53 Å². The van der Waals surface area contributed by atoms with Gasteiger partial charge in [0.25, 0.3) is 0 Å². The van der Waals surface area contributed by atoms with E-state index < -0.39 is 5.54 Å². The van der Waals surface area contributed by atoms with Crippen LogP contribution < -0.4 is 11.1 Å². The van der Waals surface area contributed by atoms with Gasteiger partial charge in [-0.25, -0.2) is 0 Å². The summed E-state index contributed by atoms with van der Waals surface area (Å²) >= 11 is 1.90. The number of nitrogens with two attached hydrogens (primary N) is 1. The quantitative estimate of drug-likeness (QED) is 0.659. The maximum absolute atomic E-state index is 11.8. The number of hydrogen-bond acceptors (Lipinski definition) is 4. The van der Waals surface area contributed by atoms with Crippen molar-refractivity contribution in [2.24, 2.45) is 5.73 Å².